The molecule has 0 bridgehead atoms. The van der Waals surface area contributed by atoms with Gasteiger partial charge in [-0.05, 0) is 24.3 Å². The zero-order chi connectivity index (χ0) is 17.6. The highest BCUT2D eigenvalue weighted by atomic mass is 35.5. The number of fused-ring (bicyclic) bond motifs is 1. The summed E-state index contributed by atoms with van der Waals surface area (Å²) in [7, 11) is 0. The van der Waals surface area contributed by atoms with Gasteiger partial charge in [0.15, 0.2) is 5.82 Å². The minimum atomic E-state index is -0.0328. The average Bonchev–Trinajstić information content (AvgIpc) is 3.19. The van der Waals surface area contributed by atoms with E-state index >= 15 is 0 Å². The van der Waals surface area contributed by atoms with E-state index < -0.39 is 0 Å². The van der Waals surface area contributed by atoms with Crippen LogP contribution in [0.1, 0.15) is 22.9 Å². The van der Waals surface area contributed by atoms with Gasteiger partial charge >= 0.3 is 0 Å². The fourth-order valence-electron chi connectivity index (χ4n) is 3.26. The number of aromatic nitrogens is 3. The normalized spacial score (nSPS) is 15.8. The Kier molecular flexibility index (Phi) is 3.87. The van der Waals surface area contributed by atoms with Crippen LogP contribution in [0.3, 0.4) is 0 Å². The Morgan fingerprint density at radius 2 is 2.04 bits per heavy atom. The number of hydrogen-bond donors (Lipinski definition) is 1. The zero-order valence-corrected chi connectivity index (χ0v) is 14.5. The molecule has 0 aliphatic carbocycles. The third kappa shape index (κ3) is 2.64. The molecule has 5 nitrogen and oxygen atoms in total. The fraction of sp³-hybridized carbons (Fsp3) is 0.167. The van der Waals surface area contributed by atoms with Crippen LogP contribution < -0.4 is 0 Å². The Hall–Kier alpha value is -2.55. The second-order valence-corrected chi connectivity index (χ2v) is 6.72. The van der Waals surface area contributed by atoms with Crippen LogP contribution in [0, 0.1) is 11.3 Å². The van der Waals surface area contributed by atoms with E-state index in [9.17, 15) is 5.11 Å². The van der Waals surface area contributed by atoms with Gasteiger partial charge in [-0.2, -0.15) is 5.26 Å². The van der Waals surface area contributed by atoms with Crippen molar-refractivity contribution in [2.24, 2.45) is 0 Å². The third-order valence-electron chi connectivity index (χ3n) is 4.43. The number of rotatable bonds is 2. The monoisotopic (exact) mass is 370 g/mol. The molecule has 0 saturated carbocycles. The largest absolute Gasteiger partial charge is 0.508 e. The van der Waals surface area contributed by atoms with Gasteiger partial charge in [-0.1, -0.05) is 35.3 Å². The van der Waals surface area contributed by atoms with Crippen LogP contribution in [0.5, 0.6) is 5.75 Å². The van der Waals surface area contributed by atoms with E-state index in [0.717, 1.165) is 11.4 Å². The summed E-state index contributed by atoms with van der Waals surface area (Å²) in [4.78, 5) is 0. The number of aromatic hydroxyl groups is 1. The molecule has 0 radical (unpaired) electrons. The Balaban J connectivity index is 1.73. The number of phenols is 1. The highest BCUT2D eigenvalue weighted by Crippen LogP contribution is 2.42. The predicted octanol–water partition coefficient (Wildman–Crippen LogP) is 4.17. The molecule has 0 spiro atoms. The molecule has 1 atom stereocenters. The van der Waals surface area contributed by atoms with Crippen LogP contribution in [0.2, 0.25) is 10.0 Å². The first-order valence-corrected chi connectivity index (χ1v) is 8.43. The third-order valence-corrected chi connectivity index (χ3v) is 5.25. The molecule has 124 valence electrons. The number of phenolic OH excluding ortho intramolecular Hbond substituents is 1. The van der Waals surface area contributed by atoms with Crippen molar-refractivity contribution < 1.29 is 5.11 Å². The highest BCUT2D eigenvalue weighted by Gasteiger charge is 2.31. The summed E-state index contributed by atoms with van der Waals surface area (Å²) in [5, 5.41) is 28.6. The van der Waals surface area contributed by atoms with Gasteiger partial charge in [0.2, 0.25) is 0 Å². The van der Waals surface area contributed by atoms with Crippen LogP contribution in [0.25, 0.3) is 11.4 Å². The fourth-order valence-corrected chi connectivity index (χ4v) is 3.74. The Morgan fingerprint density at radius 1 is 1.20 bits per heavy atom. The van der Waals surface area contributed by atoms with Gasteiger partial charge in [0, 0.05) is 30.0 Å². The van der Waals surface area contributed by atoms with Crippen molar-refractivity contribution in [3.05, 3.63) is 63.4 Å². The van der Waals surface area contributed by atoms with Crippen LogP contribution >= 0.6 is 23.2 Å². The summed E-state index contributed by atoms with van der Waals surface area (Å²) >= 11 is 12.4. The molecule has 1 N–H and O–H groups in total. The summed E-state index contributed by atoms with van der Waals surface area (Å²) < 4.78 is 2.00. The van der Waals surface area contributed by atoms with Crippen molar-refractivity contribution in [2.45, 2.75) is 18.9 Å². The smallest absolute Gasteiger partial charge is 0.164 e. The van der Waals surface area contributed by atoms with Crippen molar-refractivity contribution in [1.82, 2.24) is 14.8 Å². The quantitative estimate of drug-likeness (QED) is 0.734. The molecule has 1 aromatic heterocycles. The highest BCUT2D eigenvalue weighted by molar-refractivity contribution is 6.42. The predicted molar refractivity (Wildman–Crippen MR) is 94.7 cm³/mol. The van der Waals surface area contributed by atoms with Gasteiger partial charge in [0.25, 0.3) is 0 Å². The molecule has 1 unspecified atom stereocenters. The summed E-state index contributed by atoms with van der Waals surface area (Å²) in [5.41, 5.74) is 2.04. The first-order valence-electron chi connectivity index (χ1n) is 7.68. The van der Waals surface area contributed by atoms with E-state index in [4.69, 9.17) is 28.5 Å². The van der Waals surface area contributed by atoms with Gasteiger partial charge < -0.3 is 9.67 Å². The maximum atomic E-state index is 10.2. The molecule has 7 heteroatoms. The Bertz CT molecular complexity index is 1020. The number of nitriles is 1. The van der Waals surface area contributed by atoms with E-state index in [1.807, 2.05) is 16.7 Å². The zero-order valence-electron chi connectivity index (χ0n) is 12.9. The molecule has 25 heavy (non-hydrogen) atoms. The van der Waals surface area contributed by atoms with Crippen LogP contribution in [-0.4, -0.2) is 19.9 Å². The molecule has 2 heterocycles. The molecule has 0 amide bonds. The van der Waals surface area contributed by atoms with Crippen molar-refractivity contribution in [2.75, 3.05) is 0 Å². The van der Waals surface area contributed by atoms with Crippen molar-refractivity contribution >= 4 is 23.2 Å². The summed E-state index contributed by atoms with van der Waals surface area (Å²) in [5.74, 6) is 1.62. The maximum Gasteiger partial charge on any atom is 0.164 e. The Labute approximate surface area is 154 Å². The number of nitrogens with zero attached hydrogens (tertiary/aromatic N) is 4. The van der Waals surface area contributed by atoms with E-state index in [-0.39, 0.29) is 11.7 Å². The second kappa shape index (κ2) is 6.07. The maximum absolute atomic E-state index is 10.2. The van der Waals surface area contributed by atoms with Gasteiger partial charge in [-0.3, -0.25) is 0 Å². The molecule has 4 rings (SSSR count). The summed E-state index contributed by atoms with van der Waals surface area (Å²) in [6.45, 7) is 0.585. The van der Waals surface area contributed by atoms with E-state index in [1.54, 1.807) is 24.3 Å². The number of halogens is 2. The molecule has 0 fully saturated rings. The minimum Gasteiger partial charge on any atom is -0.508 e. The first-order chi connectivity index (χ1) is 12.1. The van der Waals surface area contributed by atoms with Crippen molar-refractivity contribution in [3.63, 3.8) is 0 Å². The lowest BCUT2D eigenvalue weighted by molar-refractivity contribution is 0.459. The van der Waals surface area contributed by atoms with Gasteiger partial charge in [-0.15, -0.1) is 10.2 Å². The van der Waals surface area contributed by atoms with Crippen LogP contribution in [0.15, 0.2) is 36.4 Å². The molecular weight excluding hydrogens is 359 g/mol. The molecule has 1 aliphatic heterocycles. The first kappa shape index (κ1) is 15.9. The summed E-state index contributed by atoms with van der Waals surface area (Å²) in [6, 6.07) is 12.5. The second-order valence-electron chi connectivity index (χ2n) is 5.94. The summed E-state index contributed by atoms with van der Waals surface area (Å²) in [6.07, 6.45) is 0.610. The van der Waals surface area contributed by atoms with Gasteiger partial charge in [0.05, 0.1) is 21.7 Å². The van der Waals surface area contributed by atoms with Gasteiger partial charge in [-0.25, -0.2) is 0 Å². The van der Waals surface area contributed by atoms with Crippen LogP contribution in [0.4, 0.5) is 0 Å². The van der Waals surface area contributed by atoms with E-state index in [2.05, 4.69) is 16.3 Å². The van der Waals surface area contributed by atoms with Crippen LogP contribution in [-0.2, 0) is 13.0 Å². The average molecular weight is 371 g/mol. The van der Waals surface area contributed by atoms with Crippen molar-refractivity contribution in [3.8, 4) is 23.2 Å². The van der Waals surface area contributed by atoms with Crippen molar-refractivity contribution in [1.29, 1.82) is 5.26 Å². The molecule has 0 saturated heterocycles. The SMILES string of the molecule is N#Cc1cccc(-c2nnc3n2CC(c2c(O)ccc(Cl)c2Cl)C3)c1. The molecule has 2 aromatic carbocycles. The van der Waals surface area contributed by atoms with E-state index in [1.165, 1.54) is 0 Å². The molecular formula is C18H12Cl2N4O. The molecule has 1 aliphatic rings. The lowest BCUT2D eigenvalue weighted by atomic mass is 9.96. The minimum absolute atomic E-state index is 0.0328. The molecule has 3 aromatic rings. The lowest BCUT2D eigenvalue weighted by Crippen LogP contribution is -2.04. The standard InChI is InChI=1S/C18H12Cl2N4O/c19-13-4-5-14(25)16(17(13)20)12-7-15-22-23-18(24(15)9-12)11-3-1-2-10(6-11)8-21/h1-6,12,25H,7,9H2. The number of hydrogen-bond acceptors (Lipinski definition) is 4. The Morgan fingerprint density at radius 3 is 2.84 bits per heavy atom. The van der Waals surface area contributed by atoms with E-state index in [0.29, 0.717) is 40.0 Å². The lowest BCUT2D eigenvalue weighted by Gasteiger charge is -2.15. The topological polar surface area (TPSA) is 74.7 Å². The number of benzene rings is 2. The van der Waals surface area contributed by atoms with Gasteiger partial charge in [0.1, 0.15) is 11.6 Å².